The van der Waals surface area contributed by atoms with Crippen LogP contribution in [-0.2, 0) is 11.3 Å². The average Bonchev–Trinajstić information content (AvgIpc) is 3.70. The normalized spacial score (nSPS) is 12.9. The first kappa shape index (κ1) is 29.2. The SMILES string of the molecule is COCCN(Cc1ccc(-c2cc3nccc(Oc4ccc(C5CC5)c(NC(N)=O)c4F)c3s2)nc1)C(=O)NC(C)C. The number of carbonyl (C=O) groups is 2. The molecule has 0 radical (unpaired) electrons. The highest BCUT2D eigenvalue weighted by atomic mass is 32.1. The quantitative estimate of drug-likeness (QED) is 0.189. The van der Waals surface area contributed by atoms with E-state index in [0.29, 0.717) is 36.5 Å². The lowest BCUT2D eigenvalue weighted by Crippen LogP contribution is -2.43. The fourth-order valence-corrected chi connectivity index (χ4v) is 5.59. The van der Waals surface area contributed by atoms with E-state index < -0.39 is 11.8 Å². The highest BCUT2D eigenvalue weighted by molar-refractivity contribution is 7.22. The number of methoxy groups -OCH3 is 1. The Morgan fingerprint density at radius 2 is 1.98 bits per heavy atom. The maximum Gasteiger partial charge on any atom is 0.317 e. The van der Waals surface area contributed by atoms with Crippen molar-refractivity contribution in [1.29, 1.82) is 0 Å². The number of benzene rings is 1. The number of nitrogens with one attached hydrogen (secondary N) is 2. The highest BCUT2D eigenvalue weighted by Gasteiger charge is 2.29. The van der Waals surface area contributed by atoms with E-state index in [9.17, 15) is 9.59 Å². The van der Waals surface area contributed by atoms with Crippen molar-refractivity contribution in [2.24, 2.45) is 5.73 Å². The molecule has 0 unspecified atom stereocenters. The Labute approximate surface area is 247 Å². The van der Waals surface area contributed by atoms with Gasteiger partial charge in [0, 0.05) is 44.7 Å². The number of primary amides is 1. The molecule has 4 amide bonds. The molecule has 0 aliphatic heterocycles. The van der Waals surface area contributed by atoms with Crippen LogP contribution >= 0.6 is 11.3 Å². The monoisotopic (exact) mass is 592 g/mol. The van der Waals surface area contributed by atoms with Crippen molar-refractivity contribution in [3.05, 3.63) is 65.7 Å². The van der Waals surface area contributed by atoms with Crippen LogP contribution in [-0.4, -0.2) is 53.2 Å². The van der Waals surface area contributed by atoms with Crippen LogP contribution in [0.1, 0.15) is 43.7 Å². The zero-order valence-electron chi connectivity index (χ0n) is 23.6. The number of anilines is 1. The van der Waals surface area contributed by atoms with Crippen molar-refractivity contribution in [2.75, 3.05) is 25.6 Å². The molecule has 10 nitrogen and oxygen atoms in total. The van der Waals surface area contributed by atoms with Gasteiger partial charge in [-0.05, 0) is 61.9 Å². The summed E-state index contributed by atoms with van der Waals surface area (Å²) in [4.78, 5) is 35.8. The van der Waals surface area contributed by atoms with Crippen molar-refractivity contribution in [3.63, 3.8) is 0 Å². The summed E-state index contributed by atoms with van der Waals surface area (Å²) in [6.07, 6.45) is 5.22. The Morgan fingerprint density at radius 1 is 1.17 bits per heavy atom. The maximum atomic E-state index is 15.5. The number of rotatable bonds is 11. The van der Waals surface area contributed by atoms with E-state index in [0.717, 1.165) is 33.7 Å². The third kappa shape index (κ3) is 6.77. The molecule has 0 bridgehead atoms. The van der Waals surface area contributed by atoms with Crippen LogP contribution < -0.4 is 21.1 Å². The summed E-state index contributed by atoms with van der Waals surface area (Å²) in [7, 11) is 1.60. The molecule has 0 saturated heterocycles. The summed E-state index contributed by atoms with van der Waals surface area (Å²) in [5.74, 6) is -0.0558. The molecule has 5 rings (SSSR count). The van der Waals surface area contributed by atoms with E-state index in [4.69, 9.17) is 15.2 Å². The molecule has 1 aliphatic rings. The number of hydrogen-bond acceptors (Lipinski definition) is 7. The standard InChI is InChI=1S/C30H33FN6O4S/c1-17(2)35-30(39)37(12-13-40-3)16-18-4-8-21(34-15-18)25-14-22-28(42-25)24(10-11-33-22)41-23-9-7-20(19-5-6-19)27(26(23)31)36-29(32)38/h4,7-11,14-15,17,19H,5-6,12-13,16H2,1-3H3,(H,35,39)(H3,32,36,38). The first-order chi connectivity index (χ1) is 20.2. The number of carbonyl (C=O) groups excluding carboxylic acids is 2. The Morgan fingerprint density at radius 3 is 2.64 bits per heavy atom. The maximum absolute atomic E-state index is 15.5. The largest absolute Gasteiger partial charge is 0.453 e. The van der Waals surface area contributed by atoms with E-state index in [1.165, 1.54) is 11.3 Å². The first-order valence-electron chi connectivity index (χ1n) is 13.7. The van der Waals surface area contributed by atoms with Crippen molar-refractivity contribution in [2.45, 2.75) is 45.2 Å². The second kappa shape index (κ2) is 12.7. The second-order valence-electron chi connectivity index (χ2n) is 10.4. The van der Waals surface area contributed by atoms with Gasteiger partial charge in [-0.25, -0.2) is 14.0 Å². The third-order valence-electron chi connectivity index (χ3n) is 6.72. The molecule has 3 aromatic heterocycles. The number of nitrogens with zero attached hydrogens (tertiary/aromatic N) is 3. The number of urea groups is 2. The predicted octanol–water partition coefficient (Wildman–Crippen LogP) is 6.22. The molecule has 1 fully saturated rings. The summed E-state index contributed by atoms with van der Waals surface area (Å²) in [5, 5.41) is 5.34. The lowest BCUT2D eigenvalue weighted by molar-refractivity contribution is 0.145. The average molecular weight is 593 g/mol. The smallest absolute Gasteiger partial charge is 0.317 e. The van der Waals surface area contributed by atoms with Gasteiger partial charge < -0.3 is 30.7 Å². The third-order valence-corrected chi connectivity index (χ3v) is 7.88. The van der Waals surface area contributed by atoms with E-state index in [1.807, 2.05) is 32.0 Å². The van der Waals surface area contributed by atoms with Gasteiger partial charge >= 0.3 is 12.1 Å². The minimum absolute atomic E-state index is 0.0194. The molecular formula is C30H33FN6O4S. The molecule has 3 heterocycles. The molecule has 42 heavy (non-hydrogen) atoms. The van der Waals surface area contributed by atoms with Crippen LogP contribution in [0.5, 0.6) is 11.5 Å². The summed E-state index contributed by atoms with van der Waals surface area (Å²) in [6, 6.07) is 9.78. The number of pyridine rings is 2. The molecule has 4 aromatic rings. The molecule has 220 valence electrons. The zero-order valence-corrected chi connectivity index (χ0v) is 24.5. The zero-order chi connectivity index (χ0) is 29.8. The number of amides is 4. The minimum Gasteiger partial charge on any atom is -0.453 e. The van der Waals surface area contributed by atoms with Crippen molar-refractivity contribution >= 4 is 39.3 Å². The lowest BCUT2D eigenvalue weighted by atomic mass is 10.1. The molecule has 0 atom stereocenters. The van der Waals surface area contributed by atoms with Gasteiger partial charge in [-0.3, -0.25) is 9.97 Å². The van der Waals surface area contributed by atoms with Gasteiger partial charge in [-0.1, -0.05) is 12.1 Å². The fourth-order valence-electron chi connectivity index (χ4n) is 4.55. The van der Waals surface area contributed by atoms with Gasteiger partial charge in [0.25, 0.3) is 0 Å². The number of fused-ring (bicyclic) bond motifs is 1. The van der Waals surface area contributed by atoms with E-state index in [-0.39, 0.29) is 29.4 Å². The number of nitrogens with two attached hydrogens (primary N) is 1. The topological polar surface area (TPSA) is 132 Å². The van der Waals surface area contributed by atoms with E-state index in [2.05, 4.69) is 20.6 Å². The summed E-state index contributed by atoms with van der Waals surface area (Å²) >= 11 is 1.42. The number of halogens is 1. The summed E-state index contributed by atoms with van der Waals surface area (Å²) in [5.41, 5.74) is 8.37. The number of thiophene rings is 1. The molecule has 0 spiro atoms. The van der Waals surface area contributed by atoms with E-state index >= 15 is 4.39 Å². The molecule has 1 saturated carbocycles. The van der Waals surface area contributed by atoms with Crippen LogP contribution in [0.2, 0.25) is 0 Å². The molecule has 1 aliphatic carbocycles. The number of aromatic nitrogens is 2. The summed E-state index contributed by atoms with van der Waals surface area (Å²) < 4.78 is 27.4. The van der Waals surface area contributed by atoms with Gasteiger partial charge in [-0.15, -0.1) is 11.3 Å². The Bertz CT molecular complexity index is 1590. The Hall–Kier alpha value is -4.29. The first-order valence-corrected chi connectivity index (χ1v) is 14.5. The van der Waals surface area contributed by atoms with Gasteiger partial charge in [0.05, 0.1) is 33.1 Å². The van der Waals surface area contributed by atoms with Crippen LogP contribution in [0.25, 0.3) is 20.8 Å². The van der Waals surface area contributed by atoms with Gasteiger partial charge in [0.2, 0.25) is 0 Å². The molecular weight excluding hydrogens is 559 g/mol. The van der Waals surface area contributed by atoms with Crippen molar-refractivity contribution < 1.29 is 23.5 Å². The number of hydrogen-bond donors (Lipinski definition) is 3. The van der Waals surface area contributed by atoms with Crippen LogP contribution in [0.15, 0.2) is 48.8 Å². The predicted molar refractivity (Wildman–Crippen MR) is 160 cm³/mol. The van der Waals surface area contributed by atoms with Crippen LogP contribution in [0.3, 0.4) is 0 Å². The lowest BCUT2D eigenvalue weighted by Gasteiger charge is -2.24. The Kier molecular flexibility index (Phi) is 8.83. The van der Waals surface area contributed by atoms with Gasteiger partial charge in [-0.2, -0.15) is 0 Å². The van der Waals surface area contributed by atoms with Crippen molar-refractivity contribution in [1.82, 2.24) is 20.2 Å². The highest BCUT2D eigenvalue weighted by Crippen LogP contribution is 2.47. The van der Waals surface area contributed by atoms with Crippen molar-refractivity contribution in [3.8, 4) is 22.1 Å². The molecule has 12 heteroatoms. The van der Waals surface area contributed by atoms with Crippen LogP contribution in [0.4, 0.5) is 19.7 Å². The van der Waals surface area contributed by atoms with E-state index in [1.54, 1.807) is 42.6 Å². The fraction of sp³-hybridized carbons (Fsp3) is 0.333. The van der Waals surface area contributed by atoms with Gasteiger partial charge in [0.1, 0.15) is 5.75 Å². The summed E-state index contributed by atoms with van der Waals surface area (Å²) in [6.45, 7) is 5.09. The molecule has 4 N–H and O–H groups in total. The second-order valence-corrected chi connectivity index (χ2v) is 11.5. The number of ether oxygens (including phenoxy) is 2. The Balaban J connectivity index is 1.37. The van der Waals surface area contributed by atoms with Gasteiger partial charge in [0.15, 0.2) is 11.6 Å². The minimum atomic E-state index is -0.831. The van der Waals surface area contributed by atoms with Crippen LogP contribution in [0, 0.1) is 5.82 Å². The molecule has 1 aromatic carbocycles.